The summed E-state index contributed by atoms with van der Waals surface area (Å²) in [5, 5.41) is 2.54. The van der Waals surface area contributed by atoms with Crippen LogP contribution in [0.3, 0.4) is 0 Å². The van der Waals surface area contributed by atoms with Crippen molar-refractivity contribution in [3.8, 4) is 11.5 Å². The van der Waals surface area contributed by atoms with Gasteiger partial charge in [-0.2, -0.15) is 4.39 Å². The number of Topliss-reactive ketones (excluding diaryl/α,β-unsaturated/α-hetero) is 1. The molecule has 31 heavy (non-hydrogen) atoms. The second-order valence-electron chi connectivity index (χ2n) is 7.55. The van der Waals surface area contributed by atoms with E-state index in [0.717, 1.165) is 19.4 Å². The Bertz CT molecular complexity index is 834. The zero-order chi connectivity index (χ0) is 23.1. The van der Waals surface area contributed by atoms with Gasteiger partial charge in [0.25, 0.3) is 0 Å². The number of halogens is 3. The van der Waals surface area contributed by atoms with Crippen LogP contribution in [0.25, 0.3) is 0 Å². The molecule has 7 nitrogen and oxygen atoms in total. The van der Waals surface area contributed by atoms with Crippen LogP contribution in [-0.2, 0) is 14.4 Å². The first-order chi connectivity index (χ1) is 14.7. The molecule has 1 aliphatic heterocycles. The van der Waals surface area contributed by atoms with Crippen molar-refractivity contribution in [1.82, 2.24) is 10.2 Å². The Labute approximate surface area is 178 Å². The Balaban J connectivity index is 2.19. The van der Waals surface area contributed by atoms with Crippen molar-refractivity contribution in [2.24, 2.45) is 5.92 Å². The number of amides is 1. The second-order valence-corrected chi connectivity index (χ2v) is 7.55. The van der Waals surface area contributed by atoms with Crippen molar-refractivity contribution in [3.05, 3.63) is 23.5 Å². The fraction of sp³-hybridized carbons (Fsp3) is 0.571. The molecule has 2 unspecified atom stereocenters. The lowest BCUT2D eigenvalue weighted by atomic mass is 10.0. The number of rotatable bonds is 8. The zero-order valence-electron chi connectivity index (χ0n) is 17.8. The van der Waals surface area contributed by atoms with Gasteiger partial charge in [0.2, 0.25) is 23.2 Å². The average Bonchev–Trinajstić information content (AvgIpc) is 2.75. The molecule has 1 N–H and O–H groups in total. The molecule has 1 aromatic rings. The summed E-state index contributed by atoms with van der Waals surface area (Å²) in [6.07, 6.45) is 1.62. The highest BCUT2D eigenvalue weighted by Gasteiger charge is 2.33. The molecule has 0 aromatic heterocycles. The predicted octanol–water partition coefficient (Wildman–Crippen LogP) is 2.60. The Kier molecular flexibility index (Phi) is 8.85. The van der Waals surface area contributed by atoms with Crippen LogP contribution in [0.4, 0.5) is 13.2 Å². The third kappa shape index (κ3) is 6.43. The van der Waals surface area contributed by atoms with Crippen LogP contribution in [-0.4, -0.2) is 55.3 Å². The van der Waals surface area contributed by atoms with E-state index in [0.29, 0.717) is 13.0 Å². The molecule has 2 atom stereocenters. The van der Waals surface area contributed by atoms with Gasteiger partial charge in [-0.1, -0.05) is 20.3 Å². The largest absolute Gasteiger partial charge is 0.479 e. The minimum Gasteiger partial charge on any atom is -0.479 e. The lowest BCUT2D eigenvalue weighted by molar-refractivity contribution is -0.138. The summed E-state index contributed by atoms with van der Waals surface area (Å²) in [4.78, 5) is 39.5. The minimum absolute atomic E-state index is 0.214. The first-order valence-corrected chi connectivity index (χ1v) is 10.2. The topological polar surface area (TPSA) is 84.9 Å². The standard InChI is InChI=1S/C21H27F3N2O5/c1-4-6-12(10-26(3)7-5-2)21(29)25-15-9-17(28)31-19-14(23)8-13(22)18(24)20(19)30-11-16(15)27/h8,12,15H,4-7,9-11H2,1-3H3,(H,25,29). The number of esters is 1. The van der Waals surface area contributed by atoms with Gasteiger partial charge < -0.3 is 19.7 Å². The van der Waals surface area contributed by atoms with E-state index in [4.69, 9.17) is 9.47 Å². The van der Waals surface area contributed by atoms with Crippen molar-refractivity contribution < 1.29 is 37.0 Å². The summed E-state index contributed by atoms with van der Waals surface area (Å²) >= 11 is 0. The van der Waals surface area contributed by atoms with E-state index in [9.17, 15) is 27.6 Å². The second kappa shape index (κ2) is 11.1. The molecule has 0 bridgehead atoms. The number of ether oxygens (including phenoxy) is 2. The molecule has 1 aromatic carbocycles. The maximum absolute atomic E-state index is 14.0. The number of carbonyl (C=O) groups is 3. The molecular weight excluding hydrogens is 417 g/mol. The quantitative estimate of drug-likeness (QED) is 0.377. The summed E-state index contributed by atoms with van der Waals surface area (Å²) in [5.74, 6) is -9.10. The van der Waals surface area contributed by atoms with Gasteiger partial charge in [0.05, 0.1) is 12.3 Å². The van der Waals surface area contributed by atoms with Gasteiger partial charge in [-0.25, -0.2) is 8.78 Å². The van der Waals surface area contributed by atoms with Crippen LogP contribution in [0, 0.1) is 23.4 Å². The monoisotopic (exact) mass is 444 g/mol. The summed E-state index contributed by atoms with van der Waals surface area (Å²) in [5.41, 5.74) is 0. The number of fused-ring (bicyclic) bond motifs is 1. The maximum Gasteiger partial charge on any atom is 0.313 e. The molecule has 0 saturated carbocycles. The first kappa shape index (κ1) is 24.6. The van der Waals surface area contributed by atoms with Gasteiger partial charge in [0.15, 0.2) is 17.4 Å². The lowest BCUT2D eigenvalue weighted by Crippen LogP contribution is -2.48. The van der Waals surface area contributed by atoms with Crippen LogP contribution in [0.15, 0.2) is 6.07 Å². The van der Waals surface area contributed by atoms with E-state index in [1.807, 2.05) is 25.8 Å². The van der Waals surface area contributed by atoms with E-state index >= 15 is 0 Å². The summed E-state index contributed by atoms with van der Waals surface area (Å²) in [6.45, 7) is 4.40. The van der Waals surface area contributed by atoms with Gasteiger partial charge in [-0.15, -0.1) is 0 Å². The number of hydrogen-bond donors (Lipinski definition) is 1. The highest BCUT2D eigenvalue weighted by Crippen LogP contribution is 2.36. The number of nitrogens with one attached hydrogen (secondary N) is 1. The number of ketones is 1. The third-order valence-corrected chi connectivity index (χ3v) is 4.88. The molecular formula is C21H27F3N2O5. The Morgan fingerprint density at radius 2 is 1.90 bits per heavy atom. The maximum atomic E-state index is 14.0. The van der Waals surface area contributed by atoms with E-state index in [1.165, 1.54) is 0 Å². The fourth-order valence-corrected chi connectivity index (χ4v) is 3.38. The molecule has 0 radical (unpaired) electrons. The molecule has 1 heterocycles. The van der Waals surface area contributed by atoms with E-state index in [2.05, 4.69) is 5.32 Å². The van der Waals surface area contributed by atoms with Crippen LogP contribution in [0.1, 0.15) is 39.5 Å². The number of benzene rings is 1. The van der Waals surface area contributed by atoms with Crippen LogP contribution >= 0.6 is 0 Å². The van der Waals surface area contributed by atoms with Crippen LogP contribution in [0.2, 0.25) is 0 Å². The molecule has 0 spiro atoms. The number of hydrogen-bond acceptors (Lipinski definition) is 6. The lowest BCUT2D eigenvalue weighted by Gasteiger charge is -2.25. The van der Waals surface area contributed by atoms with Gasteiger partial charge in [-0.05, 0) is 26.4 Å². The zero-order valence-corrected chi connectivity index (χ0v) is 17.8. The van der Waals surface area contributed by atoms with E-state index in [1.54, 1.807) is 0 Å². The van der Waals surface area contributed by atoms with Crippen LogP contribution in [0.5, 0.6) is 11.5 Å². The Morgan fingerprint density at radius 3 is 2.55 bits per heavy atom. The van der Waals surface area contributed by atoms with Gasteiger partial charge in [0.1, 0.15) is 12.6 Å². The molecule has 0 fully saturated rings. The number of nitrogens with zero attached hydrogens (tertiary/aromatic N) is 1. The highest BCUT2D eigenvalue weighted by atomic mass is 19.2. The Hall–Kier alpha value is -2.62. The van der Waals surface area contributed by atoms with E-state index < -0.39 is 71.6 Å². The van der Waals surface area contributed by atoms with Crippen molar-refractivity contribution in [2.45, 2.75) is 45.6 Å². The summed E-state index contributed by atoms with van der Waals surface area (Å²) in [6, 6.07) is -1.09. The Morgan fingerprint density at radius 1 is 1.19 bits per heavy atom. The molecule has 1 aliphatic rings. The molecule has 2 rings (SSSR count). The van der Waals surface area contributed by atoms with E-state index in [-0.39, 0.29) is 6.07 Å². The van der Waals surface area contributed by atoms with Crippen LogP contribution < -0.4 is 14.8 Å². The van der Waals surface area contributed by atoms with Gasteiger partial charge >= 0.3 is 5.97 Å². The predicted molar refractivity (Wildman–Crippen MR) is 105 cm³/mol. The average molecular weight is 444 g/mol. The van der Waals surface area contributed by atoms with Crippen molar-refractivity contribution >= 4 is 17.7 Å². The summed E-state index contributed by atoms with van der Waals surface area (Å²) in [7, 11) is 1.88. The number of carbonyl (C=O) groups excluding carboxylic acids is 3. The SMILES string of the molecule is CCCC(CN(C)CCC)C(=O)NC1CC(=O)Oc2c(F)cc(F)c(F)c2OCC1=O. The fourth-order valence-electron chi connectivity index (χ4n) is 3.38. The molecule has 10 heteroatoms. The molecule has 1 amide bonds. The highest BCUT2D eigenvalue weighted by molar-refractivity contribution is 5.94. The van der Waals surface area contributed by atoms with Crippen molar-refractivity contribution in [3.63, 3.8) is 0 Å². The normalized spacial score (nSPS) is 17.7. The molecule has 172 valence electrons. The van der Waals surface area contributed by atoms with Gasteiger partial charge in [0, 0.05) is 12.6 Å². The van der Waals surface area contributed by atoms with Crippen molar-refractivity contribution in [1.29, 1.82) is 0 Å². The third-order valence-electron chi connectivity index (χ3n) is 4.88. The first-order valence-electron chi connectivity index (χ1n) is 10.2. The summed E-state index contributed by atoms with van der Waals surface area (Å²) < 4.78 is 51.2. The smallest absolute Gasteiger partial charge is 0.313 e. The van der Waals surface area contributed by atoms with Crippen molar-refractivity contribution in [2.75, 3.05) is 26.7 Å². The molecule has 0 aliphatic carbocycles. The minimum atomic E-state index is -1.58. The van der Waals surface area contributed by atoms with Gasteiger partial charge in [-0.3, -0.25) is 14.4 Å². The molecule has 0 saturated heterocycles.